The van der Waals surface area contributed by atoms with E-state index >= 15 is 0 Å². The highest BCUT2D eigenvalue weighted by Gasteiger charge is 2.13. The summed E-state index contributed by atoms with van der Waals surface area (Å²) < 4.78 is 0. The van der Waals surface area contributed by atoms with E-state index in [4.69, 9.17) is 10.2 Å². The van der Waals surface area contributed by atoms with Crippen LogP contribution in [0, 0.1) is 0 Å². The fourth-order valence-corrected chi connectivity index (χ4v) is 1.31. The van der Waals surface area contributed by atoms with Crippen molar-refractivity contribution in [2.45, 2.75) is 0 Å². The van der Waals surface area contributed by atoms with Gasteiger partial charge in [-0.05, 0) is 17.7 Å². The zero-order valence-electron chi connectivity index (χ0n) is 7.64. The molecule has 0 saturated carbocycles. The summed E-state index contributed by atoms with van der Waals surface area (Å²) in [6, 6.07) is 6.25. The van der Waals surface area contributed by atoms with Crippen molar-refractivity contribution in [2.75, 3.05) is 0 Å². The number of phenolic OH excluding ortho intramolecular Hbond substituents is 1. The fraction of sp³-hybridized carbons (Fsp3) is 0. The van der Waals surface area contributed by atoms with Crippen molar-refractivity contribution in [1.29, 1.82) is 0 Å². The molecule has 0 atom stereocenters. The summed E-state index contributed by atoms with van der Waals surface area (Å²) in [5.74, 6) is -0.922. The Morgan fingerprint density at radius 1 is 1.27 bits per heavy atom. The van der Waals surface area contributed by atoms with Crippen LogP contribution >= 0.6 is 0 Å². The number of benzene rings is 1. The van der Waals surface area contributed by atoms with E-state index in [-0.39, 0.29) is 11.4 Å². The molecule has 0 fully saturated rings. The first-order valence-corrected chi connectivity index (χ1v) is 4.24. The van der Waals surface area contributed by atoms with Crippen LogP contribution in [0.25, 0.3) is 11.1 Å². The number of aromatic carboxylic acids is 1. The van der Waals surface area contributed by atoms with Gasteiger partial charge >= 0.3 is 5.97 Å². The molecular weight excluding hydrogens is 196 g/mol. The Labute approximate surface area is 85.0 Å². The minimum Gasteiger partial charge on any atom is -0.508 e. The van der Waals surface area contributed by atoms with Gasteiger partial charge in [-0.3, -0.25) is 5.10 Å². The maximum absolute atomic E-state index is 10.8. The third kappa shape index (κ3) is 1.67. The number of carboxylic acids is 1. The third-order valence-corrected chi connectivity index (χ3v) is 2.03. The molecule has 0 aliphatic rings. The topological polar surface area (TPSA) is 86.2 Å². The van der Waals surface area contributed by atoms with Gasteiger partial charge < -0.3 is 10.2 Å². The first-order valence-electron chi connectivity index (χ1n) is 4.24. The molecule has 3 N–H and O–H groups in total. The molecule has 0 amide bonds. The molecule has 2 rings (SSSR count). The van der Waals surface area contributed by atoms with Gasteiger partial charge in [0.1, 0.15) is 5.75 Å². The lowest BCUT2D eigenvalue weighted by atomic mass is 10.1. The number of H-pyrrole nitrogens is 1. The molecule has 0 saturated heterocycles. The quantitative estimate of drug-likeness (QED) is 0.691. The maximum Gasteiger partial charge on any atom is 0.354 e. The SMILES string of the molecule is O=C(O)c1[nH]ncc1-c1ccc(O)cc1. The molecule has 0 aliphatic heterocycles. The zero-order valence-corrected chi connectivity index (χ0v) is 7.64. The van der Waals surface area contributed by atoms with Crippen LogP contribution < -0.4 is 0 Å². The second-order valence-electron chi connectivity index (χ2n) is 3.01. The van der Waals surface area contributed by atoms with Gasteiger partial charge in [-0.1, -0.05) is 12.1 Å². The minimum absolute atomic E-state index is 0.0423. The van der Waals surface area contributed by atoms with E-state index in [0.29, 0.717) is 11.1 Å². The average Bonchev–Trinajstić information content (AvgIpc) is 2.67. The van der Waals surface area contributed by atoms with Crippen molar-refractivity contribution in [1.82, 2.24) is 10.2 Å². The van der Waals surface area contributed by atoms with Gasteiger partial charge in [-0.15, -0.1) is 0 Å². The van der Waals surface area contributed by atoms with Gasteiger partial charge in [-0.2, -0.15) is 5.10 Å². The van der Waals surface area contributed by atoms with E-state index in [2.05, 4.69) is 10.2 Å². The Morgan fingerprint density at radius 3 is 2.53 bits per heavy atom. The number of carbonyl (C=O) groups is 1. The van der Waals surface area contributed by atoms with Gasteiger partial charge in [-0.25, -0.2) is 4.79 Å². The predicted octanol–water partition coefficient (Wildman–Crippen LogP) is 1.48. The summed E-state index contributed by atoms with van der Waals surface area (Å²) in [4.78, 5) is 10.8. The lowest BCUT2D eigenvalue weighted by Gasteiger charge is -1.99. The molecule has 0 unspecified atom stereocenters. The molecule has 5 nitrogen and oxygen atoms in total. The van der Waals surface area contributed by atoms with E-state index in [9.17, 15) is 4.79 Å². The first-order chi connectivity index (χ1) is 7.18. The van der Waals surface area contributed by atoms with Crippen LogP contribution in [-0.4, -0.2) is 26.4 Å². The van der Waals surface area contributed by atoms with Gasteiger partial charge in [0.2, 0.25) is 0 Å². The van der Waals surface area contributed by atoms with Crippen molar-refractivity contribution in [3.8, 4) is 16.9 Å². The van der Waals surface area contributed by atoms with Crippen LogP contribution in [0.3, 0.4) is 0 Å². The van der Waals surface area contributed by atoms with Crippen LogP contribution in [0.2, 0.25) is 0 Å². The summed E-state index contributed by atoms with van der Waals surface area (Å²) in [5, 5.41) is 24.0. The standard InChI is InChI=1S/C10H8N2O3/c13-7-3-1-6(2-4-7)8-5-11-12-9(8)10(14)15/h1-5,13H,(H,11,12)(H,14,15). The summed E-state index contributed by atoms with van der Waals surface area (Å²) in [6.45, 7) is 0. The van der Waals surface area contributed by atoms with Crippen LogP contribution in [0.15, 0.2) is 30.5 Å². The van der Waals surface area contributed by atoms with Crippen molar-refractivity contribution in [3.05, 3.63) is 36.2 Å². The van der Waals surface area contributed by atoms with E-state index in [1.165, 1.54) is 18.3 Å². The zero-order chi connectivity index (χ0) is 10.8. The molecular formula is C10H8N2O3. The highest BCUT2D eigenvalue weighted by Crippen LogP contribution is 2.23. The Bertz CT molecular complexity index is 488. The average molecular weight is 204 g/mol. The first kappa shape index (κ1) is 9.26. The molecule has 2 aromatic rings. The van der Waals surface area contributed by atoms with Crippen LogP contribution in [-0.2, 0) is 0 Å². The van der Waals surface area contributed by atoms with Crippen molar-refractivity contribution >= 4 is 5.97 Å². The highest BCUT2D eigenvalue weighted by atomic mass is 16.4. The van der Waals surface area contributed by atoms with E-state index in [0.717, 1.165) is 0 Å². The molecule has 0 aliphatic carbocycles. The van der Waals surface area contributed by atoms with Crippen LogP contribution in [0.4, 0.5) is 0 Å². The number of phenols is 1. The number of rotatable bonds is 2. The van der Waals surface area contributed by atoms with Gasteiger partial charge in [0, 0.05) is 5.56 Å². The number of hydrogen-bond donors (Lipinski definition) is 3. The second-order valence-corrected chi connectivity index (χ2v) is 3.01. The monoisotopic (exact) mass is 204 g/mol. The molecule has 0 radical (unpaired) electrons. The van der Waals surface area contributed by atoms with E-state index in [1.54, 1.807) is 12.1 Å². The normalized spacial score (nSPS) is 10.1. The highest BCUT2D eigenvalue weighted by molar-refractivity contribution is 5.93. The van der Waals surface area contributed by atoms with E-state index in [1.807, 2.05) is 0 Å². The number of nitrogens with zero attached hydrogens (tertiary/aromatic N) is 1. The molecule has 0 spiro atoms. The summed E-state index contributed by atoms with van der Waals surface area (Å²) >= 11 is 0. The Balaban J connectivity index is 2.49. The molecule has 0 bridgehead atoms. The summed E-state index contributed by atoms with van der Waals surface area (Å²) in [6.07, 6.45) is 1.44. The minimum atomic E-state index is -1.06. The van der Waals surface area contributed by atoms with Crippen molar-refractivity contribution in [2.24, 2.45) is 0 Å². The second kappa shape index (κ2) is 3.45. The molecule has 1 heterocycles. The number of aromatic nitrogens is 2. The Morgan fingerprint density at radius 2 is 1.93 bits per heavy atom. The molecule has 15 heavy (non-hydrogen) atoms. The predicted molar refractivity (Wildman–Crippen MR) is 52.6 cm³/mol. The maximum atomic E-state index is 10.8. The Hall–Kier alpha value is -2.30. The summed E-state index contributed by atoms with van der Waals surface area (Å²) in [7, 11) is 0. The van der Waals surface area contributed by atoms with Crippen LogP contribution in [0.1, 0.15) is 10.5 Å². The van der Waals surface area contributed by atoms with Gasteiger partial charge in [0.25, 0.3) is 0 Å². The lowest BCUT2D eigenvalue weighted by molar-refractivity contribution is 0.0691. The summed E-state index contributed by atoms with van der Waals surface area (Å²) in [5.41, 5.74) is 1.24. The smallest absolute Gasteiger partial charge is 0.354 e. The lowest BCUT2D eigenvalue weighted by Crippen LogP contribution is -1.98. The number of carboxylic acid groups (broad SMARTS) is 1. The van der Waals surface area contributed by atoms with Gasteiger partial charge in [0.05, 0.1) is 6.20 Å². The molecule has 1 aromatic heterocycles. The number of aromatic amines is 1. The molecule has 76 valence electrons. The van der Waals surface area contributed by atoms with Crippen molar-refractivity contribution in [3.63, 3.8) is 0 Å². The number of nitrogens with one attached hydrogen (secondary N) is 1. The Kier molecular flexibility index (Phi) is 2.13. The molecule has 1 aromatic carbocycles. The van der Waals surface area contributed by atoms with Crippen LogP contribution in [0.5, 0.6) is 5.75 Å². The fourth-order valence-electron chi connectivity index (χ4n) is 1.31. The molecule has 5 heteroatoms. The third-order valence-electron chi connectivity index (χ3n) is 2.03. The number of aromatic hydroxyl groups is 1. The number of hydrogen-bond acceptors (Lipinski definition) is 3. The largest absolute Gasteiger partial charge is 0.508 e. The van der Waals surface area contributed by atoms with Crippen molar-refractivity contribution < 1.29 is 15.0 Å². The van der Waals surface area contributed by atoms with Gasteiger partial charge in [0.15, 0.2) is 5.69 Å². The van der Waals surface area contributed by atoms with E-state index < -0.39 is 5.97 Å².